The van der Waals surface area contributed by atoms with Gasteiger partial charge < -0.3 is 0 Å². The second-order valence-electron chi connectivity index (χ2n) is 7.04. The number of amides is 2. The number of aryl methyl sites for hydroxylation is 1. The molecular formula is C26H20N2O2S. The fourth-order valence-electron chi connectivity index (χ4n) is 3.40. The Labute approximate surface area is 186 Å². The van der Waals surface area contributed by atoms with E-state index >= 15 is 0 Å². The zero-order chi connectivity index (χ0) is 21.8. The van der Waals surface area contributed by atoms with Crippen LogP contribution in [-0.2, 0) is 9.59 Å². The minimum atomic E-state index is -0.441. The van der Waals surface area contributed by atoms with Gasteiger partial charge in [0, 0.05) is 0 Å². The molecule has 0 aromatic heterocycles. The summed E-state index contributed by atoms with van der Waals surface area (Å²) in [7, 11) is 0. The van der Waals surface area contributed by atoms with E-state index in [1.54, 1.807) is 24.3 Å². The first-order valence-electron chi connectivity index (χ1n) is 9.85. The number of carbonyl (C=O) groups excluding carboxylic acids is 2. The molecular weight excluding hydrogens is 404 g/mol. The highest BCUT2D eigenvalue weighted by molar-refractivity contribution is 7.81. The maximum absolute atomic E-state index is 13.4. The molecule has 3 aromatic rings. The van der Waals surface area contributed by atoms with Crippen LogP contribution in [0.5, 0.6) is 0 Å². The summed E-state index contributed by atoms with van der Waals surface area (Å²) >= 11 is 5.63. The summed E-state index contributed by atoms with van der Waals surface area (Å²) in [5.74, 6) is -0.877. The van der Waals surface area contributed by atoms with Gasteiger partial charge in [-0.25, -0.2) is 0 Å². The van der Waals surface area contributed by atoms with Gasteiger partial charge in [-0.1, -0.05) is 78.9 Å². The lowest BCUT2D eigenvalue weighted by Crippen LogP contribution is -2.57. The number of anilines is 2. The number of para-hydroxylation sites is 2. The second kappa shape index (κ2) is 8.90. The minimum Gasteiger partial charge on any atom is -0.268 e. The third-order valence-corrected chi connectivity index (χ3v) is 5.34. The van der Waals surface area contributed by atoms with Crippen molar-refractivity contribution in [2.75, 3.05) is 9.80 Å². The Kier molecular flexibility index (Phi) is 5.87. The number of hydrogen-bond acceptors (Lipinski definition) is 3. The van der Waals surface area contributed by atoms with Crippen LogP contribution >= 0.6 is 12.2 Å². The number of nitrogens with zero attached hydrogens (tertiary/aromatic N) is 2. The zero-order valence-electron chi connectivity index (χ0n) is 16.9. The van der Waals surface area contributed by atoms with Crippen molar-refractivity contribution in [3.63, 3.8) is 0 Å². The van der Waals surface area contributed by atoms with E-state index in [1.807, 2.05) is 85.8 Å². The average Bonchev–Trinajstić information content (AvgIpc) is 2.79. The van der Waals surface area contributed by atoms with Gasteiger partial charge in [0.2, 0.25) is 0 Å². The zero-order valence-corrected chi connectivity index (χ0v) is 17.8. The minimum absolute atomic E-state index is 0.0490. The van der Waals surface area contributed by atoms with Gasteiger partial charge >= 0.3 is 0 Å². The summed E-state index contributed by atoms with van der Waals surface area (Å²) in [5, 5.41) is 0.139. The lowest BCUT2D eigenvalue weighted by Gasteiger charge is -2.37. The Morgan fingerprint density at radius 1 is 0.742 bits per heavy atom. The van der Waals surface area contributed by atoms with Gasteiger partial charge in [0.15, 0.2) is 5.11 Å². The first-order chi connectivity index (χ1) is 15.1. The number of carbonyl (C=O) groups is 2. The Morgan fingerprint density at radius 3 is 2.00 bits per heavy atom. The maximum Gasteiger partial charge on any atom is 0.270 e. The molecule has 0 radical (unpaired) electrons. The number of hydrogen-bond donors (Lipinski definition) is 0. The van der Waals surface area contributed by atoms with E-state index in [0.717, 1.165) is 11.1 Å². The van der Waals surface area contributed by atoms with E-state index < -0.39 is 11.8 Å². The van der Waals surface area contributed by atoms with Crippen molar-refractivity contribution in [2.24, 2.45) is 0 Å². The monoisotopic (exact) mass is 424 g/mol. The fraction of sp³-hybridized carbons (Fsp3) is 0.0385. The molecule has 2 amide bonds. The molecule has 0 aliphatic carbocycles. The molecule has 0 spiro atoms. The molecule has 1 aliphatic rings. The molecule has 0 atom stereocenters. The van der Waals surface area contributed by atoms with Crippen LogP contribution in [-0.4, -0.2) is 16.9 Å². The molecule has 0 unspecified atom stereocenters. The first-order valence-corrected chi connectivity index (χ1v) is 10.3. The van der Waals surface area contributed by atoms with Crippen LogP contribution in [0, 0.1) is 6.92 Å². The van der Waals surface area contributed by atoms with Crippen molar-refractivity contribution >= 4 is 46.6 Å². The quantitative estimate of drug-likeness (QED) is 0.324. The van der Waals surface area contributed by atoms with Crippen LogP contribution in [0.25, 0.3) is 6.08 Å². The first kappa shape index (κ1) is 20.4. The lowest BCUT2D eigenvalue weighted by atomic mass is 10.1. The average molecular weight is 425 g/mol. The third-order valence-electron chi connectivity index (χ3n) is 4.97. The standard InChI is InChI=1S/C26H20N2O2S/c1-19-11-8-9-18-23(19)28-25(30)22(17-10-14-20-12-4-2-5-13-20)24(29)27(26(28)31)21-15-6-3-7-16-21/h2-18H,1H3/b14-10+,22-17-. The lowest BCUT2D eigenvalue weighted by molar-refractivity contribution is -0.120. The summed E-state index contributed by atoms with van der Waals surface area (Å²) in [6.45, 7) is 1.91. The molecule has 0 saturated carbocycles. The second-order valence-corrected chi connectivity index (χ2v) is 7.40. The Balaban J connectivity index is 1.80. The van der Waals surface area contributed by atoms with E-state index in [2.05, 4.69) is 0 Å². The largest absolute Gasteiger partial charge is 0.270 e. The molecule has 0 bridgehead atoms. The highest BCUT2D eigenvalue weighted by atomic mass is 32.1. The van der Waals surface area contributed by atoms with Crippen molar-refractivity contribution in [3.8, 4) is 0 Å². The van der Waals surface area contributed by atoms with Crippen molar-refractivity contribution < 1.29 is 9.59 Å². The van der Waals surface area contributed by atoms with Crippen LogP contribution in [0.2, 0.25) is 0 Å². The molecule has 152 valence electrons. The number of rotatable bonds is 4. The van der Waals surface area contributed by atoms with Gasteiger partial charge in [-0.3, -0.25) is 19.4 Å². The Bertz CT molecular complexity index is 1200. The topological polar surface area (TPSA) is 40.6 Å². The number of allylic oxidation sites excluding steroid dienone is 2. The molecule has 1 aliphatic heterocycles. The highest BCUT2D eigenvalue weighted by Crippen LogP contribution is 2.30. The molecule has 1 saturated heterocycles. The van der Waals surface area contributed by atoms with Crippen LogP contribution < -0.4 is 9.80 Å². The van der Waals surface area contributed by atoms with Gasteiger partial charge in [-0.15, -0.1) is 0 Å². The molecule has 5 heteroatoms. The van der Waals surface area contributed by atoms with Crippen molar-refractivity contribution in [3.05, 3.63) is 114 Å². The normalized spacial score (nSPS) is 15.9. The Hall–Kier alpha value is -3.83. The fourth-order valence-corrected chi connectivity index (χ4v) is 3.77. The van der Waals surface area contributed by atoms with Gasteiger partial charge in [-0.2, -0.15) is 0 Å². The van der Waals surface area contributed by atoms with E-state index in [4.69, 9.17) is 12.2 Å². The van der Waals surface area contributed by atoms with Crippen LogP contribution in [0.15, 0.2) is 103 Å². The molecule has 4 nitrogen and oxygen atoms in total. The maximum atomic E-state index is 13.4. The SMILES string of the molecule is Cc1ccccc1N1C(=O)/C(=C\C=C\c2ccccc2)C(=O)N(c2ccccc2)C1=S. The molecule has 31 heavy (non-hydrogen) atoms. The molecule has 0 N–H and O–H groups in total. The van der Waals surface area contributed by atoms with E-state index in [1.165, 1.54) is 9.80 Å². The Morgan fingerprint density at radius 2 is 1.32 bits per heavy atom. The van der Waals surface area contributed by atoms with E-state index in [9.17, 15) is 9.59 Å². The van der Waals surface area contributed by atoms with Gasteiger partial charge in [0.25, 0.3) is 11.8 Å². The molecule has 4 rings (SSSR count). The van der Waals surface area contributed by atoms with Crippen molar-refractivity contribution in [1.82, 2.24) is 0 Å². The predicted octanol–water partition coefficient (Wildman–Crippen LogP) is 5.30. The predicted molar refractivity (Wildman–Crippen MR) is 129 cm³/mol. The van der Waals surface area contributed by atoms with E-state index in [0.29, 0.717) is 11.4 Å². The molecule has 1 fully saturated rings. The van der Waals surface area contributed by atoms with Crippen molar-refractivity contribution in [1.29, 1.82) is 0 Å². The van der Waals surface area contributed by atoms with Crippen LogP contribution in [0.4, 0.5) is 11.4 Å². The third kappa shape index (κ3) is 4.09. The highest BCUT2D eigenvalue weighted by Gasteiger charge is 2.41. The van der Waals surface area contributed by atoms with Gasteiger partial charge in [0.05, 0.1) is 11.4 Å². The van der Waals surface area contributed by atoms with Crippen molar-refractivity contribution in [2.45, 2.75) is 6.92 Å². The van der Waals surface area contributed by atoms with Crippen LogP contribution in [0.3, 0.4) is 0 Å². The summed E-state index contributed by atoms with van der Waals surface area (Å²) in [4.78, 5) is 29.6. The van der Waals surface area contributed by atoms with Gasteiger partial charge in [-0.05, 0) is 54.5 Å². The van der Waals surface area contributed by atoms with Crippen LogP contribution in [0.1, 0.15) is 11.1 Å². The summed E-state index contributed by atoms with van der Waals surface area (Å²) in [5.41, 5.74) is 3.18. The number of thiocarbonyl (C=S) groups is 1. The summed E-state index contributed by atoms with van der Waals surface area (Å²) in [6, 6.07) is 26.3. The smallest absolute Gasteiger partial charge is 0.268 e. The molecule has 3 aromatic carbocycles. The van der Waals surface area contributed by atoms with Gasteiger partial charge in [0.1, 0.15) is 5.57 Å². The summed E-state index contributed by atoms with van der Waals surface area (Å²) < 4.78 is 0. The number of benzene rings is 3. The molecule has 1 heterocycles. The van der Waals surface area contributed by atoms with E-state index in [-0.39, 0.29) is 10.7 Å². The summed E-state index contributed by atoms with van der Waals surface area (Å²) in [6.07, 6.45) is 5.13.